The monoisotopic (exact) mass is 505 g/mol. The van der Waals surface area contributed by atoms with Gasteiger partial charge in [-0.2, -0.15) is 0 Å². The van der Waals surface area contributed by atoms with Crippen molar-refractivity contribution in [3.8, 4) is 0 Å². The predicted molar refractivity (Wildman–Crippen MR) is 146 cm³/mol. The maximum absolute atomic E-state index is 12.3. The van der Waals surface area contributed by atoms with Crippen molar-refractivity contribution < 1.29 is 14.3 Å². The lowest BCUT2D eigenvalue weighted by Gasteiger charge is -2.43. The van der Waals surface area contributed by atoms with Crippen LogP contribution in [0.15, 0.2) is 54.6 Å². The van der Waals surface area contributed by atoms with E-state index in [0.29, 0.717) is 36.2 Å². The average Bonchev–Trinajstić information content (AvgIpc) is 2.93. The molecule has 0 bridgehead atoms. The molecule has 2 aromatic carbocycles. The second-order valence-electron chi connectivity index (χ2n) is 10.3. The summed E-state index contributed by atoms with van der Waals surface area (Å²) in [5, 5.41) is 10.9. The summed E-state index contributed by atoms with van der Waals surface area (Å²) in [6.07, 6.45) is 2.17. The highest BCUT2D eigenvalue weighted by Crippen LogP contribution is 2.22. The van der Waals surface area contributed by atoms with Gasteiger partial charge in [0.1, 0.15) is 5.84 Å². The van der Waals surface area contributed by atoms with Crippen LogP contribution in [0.3, 0.4) is 0 Å². The number of benzene rings is 2. The number of carbonyl (C=O) groups is 2. The lowest BCUT2D eigenvalue weighted by atomic mass is 10.0. The highest BCUT2D eigenvalue weighted by molar-refractivity contribution is 6.11. The molecule has 2 fully saturated rings. The predicted octanol–water partition coefficient (Wildman–Crippen LogP) is 3.23. The van der Waals surface area contributed by atoms with Crippen molar-refractivity contribution in [3.63, 3.8) is 0 Å². The number of carbonyl (C=O) groups excluding carboxylic acids is 2. The first kappa shape index (κ1) is 26.8. The number of rotatable bonds is 8. The van der Waals surface area contributed by atoms with Gasteiger partial charge in [0.05, 0.1) is 13.2 Å². The van der Waals surface area contributed by atoms with E-state index in [1.165, 1.54) is 0 Å². The minimum atomic E-state index is -0.275. The smallest absolute Gasteiger partial charge is 0.320 e. The van der Waals surface area contributed by atoms with Gasteiger partial charge in [0.15, 0.2) is 0 Å². The Balaban J connectivity index is 1.19. The molecular weight excluding hydrogens is 466 g/mol. The molecule has 4 rings (SSSR count). The maximum atomic E-state index is 12.3. The zero-order valence-electron chi connectivity index (χ0n) is 22.0. The highest BCUT2D eigenvalue weighted by atomic mass is 16.5. The van der Waals surface area contributed by atoms with Gasteiger partial charge in [0.2, 0.25) is 0 Å². The number of esters is 1. The number of anilines is 1. The first-order valence-electron chi connectivity index (χ1n) is 13.3. The topological polar surface area (TPSA) is 89.0 Å². The minimum absolute atomic E-state index is 0.102. The van der Waals surface area contributed by atoms with Crippen molar-refractivity contribution in [1.29, 1.82) is 5.41 Å². The molecule has 0 radical (unpaired) electrons. The summed E-state index contributed by atoms with van der Waals surface area (Å²) in [6, 6.07) is 17.4. The zero-order valence-corrected chi connectivity index (χ0v) is 22.0. The van der Waals surface area contributed by atoms with E-state index < -0.39 is 0 Å². The van der Waals surface area contributed by atoms with Crippen molar-refractivity contribution in [2.24, 2.45) is 5.92 Å². The van der Waals surface area contributed by atoms with Crippen LogP contribution in [-0.4, -0.2) is 86.0 Å². The van der Waals surface area contributed by atoms with E-state index in [1.54, 1.807) is 12.1 Å². The third-order valence-corrected chi connectivity index (χ3v) is 7.11. The second-order valence-corrected chi connectivity index (χ2v) is 10.3. The number of nitrogens with zero attached hydrogens (tertiary/aromatic N) is 3. The van der Waals surface area contributed by atoms with Crippen LogP contribution in [0.2, 0.25) is 0 Å². The van der Waals surface area contributed by atoms with Crippen molar-refractivity contribution >= 4 is 23.4 Å². The quantitative estimate of drug-likeness (QED) is 0.325. The minimum Gasteiger partial charge on any atom is -0.464 e. The summed E-state index contributed by atoms with van der Waals surface area (Å²) in [5.74, 6) is 0.0836. The van der Waals surface area contributed by atoms with Crippen molar-refractivity contribution in [2.75, 3.05) is 57.3 Å². The molecule has 0 atom stereocenters. The molecule has 2 heterocycles. The van der Waals surface area contributed by atoms with Gasteiger partial charge < -0.3 is 15.0 Å². The highest BCUT2D eigenvalue weighted by Gasteiger charge is 2.28. The fraction of sp³-hybridized carbons (Fsp3) is 0.483. The van der Waals surface area contributed by atoms with Crippen LogP contribution in [-0.2, 0) is 9.53 Å². The van der Waals surface area contributed by atoms with Gasteiger partial charge in [0, 0.05) is 62.1 Å². The Morgan fingerprint density at radius 2 is 1.57 bits per heavy atom. The van der Waals surface area contributed by atoms with E-state index in [4.69, 9.17) is 10.1 Å². The van der Waals surface area contributed by atoms with E-state index >= 15 is 0 Å². The molecule has 1 amide bonds. The maximum Gasteiger partial charge on any atom is 0.320 e. The van der Waals surface area contributed by atoms with Crippen molar-refractivity contribution in [3.05, 3.63) is 65.7 Å². The molecule has 198 valence electrons. The third-order valence-electron chi connectivity index (χ3n) is 7.11. The Labute approximate surface area is 220 Å². The van der Waals surface area contributed by atoms with Crippen LogP contribution in [0.1, 0.15) is 42.6 Å². The largest absolute Gasteiger partial charge is 0.464 e. The zero-order chi connectivity index (χ0) is 26.2. The summed E-state index contributed by atoms with van der Waals surface area (Å²) in [6.45, 7) is 10.8. The molecule has 2 aliphatic heterocycles. The molecule has 2 saturated heterocycles. The van der Waals surface area contributed by atoms with Crippen LogP contribution in [0, 0.1) is 11.3 Å². The summed E-state index contributed by atoms with van der Waals surface area (Å²) in [7, 11) is 0. The molecule has 0 saturated carbocycles. The summed E-state index contributed by atoms with van der Waals surface area (Å²) in [4.78, 5) is 31.5. The Morgan fingerprint density at radius 3 is 2.19 bits per heavy atom. The SMILES string of the molecule is CC(C)COC(=O)CN1CCC(N2CCN(c3ccc(C(=N)NC(=O)c4ccccc4)cc3)CC2)CC1. The van der Waals surface area contributed by atoms with E-state index in [-0.39, 0.29) is 17.7 Å². The first-order valence-corrected chi connectivity index (χ1v) is 13.3. The molecular formula is C29H39N5O3. The van der Waals surface area contributed by atoms with Crippen molar-refractivity contribution in [2.45, 2.75) is 32.7 Å². The number of nitrogens with one attached hydrogen (secondary N) is 2. The van der Waals surface area contributed by atoms with Crippen LogP contribution in [0.5, 0.6) is 0 Å². The van der Waals surface area contributed by atoms with E-state index in [1.807, 2.05) is 42.5 Å². The first-order chi connectivity index (χ1) is 17.9. The third kappa shape index (κ3) is 7.63. The van der Waals surface area contributed by atoms with Gasteiger partial charge in [-0.15, -0.1) is 0 Å². The number of hydrogen-bond donors (Lipinski definition) is 2. The van der Waals surface area contributed by atoms with Gasteiger partial charge in [-0.3, -0.25) is 24.8 Å². The Bertz CT molecular complexity index is 1040. The van der Waals surface area contributed by atoms with E-state index in [2.05, 4.69) is 33.9 Å². The lowest BCUT2D eigenvalue weighted by molar-refractivity contribution is -0.146. The molecule has 0 unspecified atom stereocenters. The number of piperidine rings is 1. The van der Waals surface area contributed by atoms with E-state index in [0.717, 1.165) is 57.8 Å². The molecule has 2 aliphatic rings. The number of likely N-dealkylation sites (tertiary alicyclic amines) is 1. The Kier molecular flexibility index (Phi) is 9.30. The molecule has 8 heteroatoms. The summed E-state index contributed by atoms with van der Waals surface area (Å²) < 4.78 is 5.33. The summed E-state index contributed by atoms with van der Waals surface area (Å²) in [5.41, 5.74) is 2.36. The molecule has 2 N–H and O–H groups in total. The lowest BCUT2D eigenvalue weighted by Crippen LogP contribution is -2.53. The fourth-order valence-corrected chi connectivity index (χ4v) is 4.96. The van der Waals surface area contributed by atoms with Gasteiger partial charge in [-0.05, 0) is 55.2 Å². The van der Waals surface area contributed by atoms with Gasteiger partial charge in [-0.1, -0.05) is 32.0 Å². The van der Waals surface area contributed by atoms with Gasteiger partial charge >= 0.3 is 5.97 Å². The standard InChI is InChI=1S/C29H39N5O3/c1-22(2)21-37-27(35)20-32-14-12-26(13-15-32)34-18-16-33(17-19-34)25-10-8-23(9-11-25)28(30)31-29(36)24-6-4-3-5-7-24/h3-11,22,26H,12-21H2,1-2H3,(H2,30,31,36). The summed E-state index contributed by atoms with van der Waals surface area (Å²) >= 11 is 0. The van der Waals surface area contributed by atoms with E-state index in [9.17, 15) is 9.59 Å². The Hall–Kier alpha value is -3.23. The molecule has 8 nitrogen and oxygen atoms in total. The number of piperazine rings is 1. The number of amides is 1. The fourth-order valence-electron chi connectivity index (χ4n) is 4.96. The molecule has 2 aromatic rings. The van der Waals surface area contributed by atoms with Crippen LogP contribution in [0.25, 0.3) is 0 Å². The molecule has 0 spiro atoms. The Morgan fingerprint density at radius 1 is 0.919 bits per heavy atom. The van der Waals surface area contributed by atoms with Crippen LogP contribution in [0.4, 0.5) is 5.69 Å². The number of amidine groups is 1. The van der Waals surface area contributed by atoms with Crippen LogP contribution >= 0.6 is 0 Å². The number of ether oxygens (including phenoxy) is 1. The van der Waals surface area contributed by atoms with Crippen molar-refractivity contribution in [1.82, 2.24) is 15.1 Å². The van der Waals surface area contributed by atoms with Crippen LogP contribution < -0.4 is 10.2 Å². The molecule has 0 aliphatic carbocycles. The van der Waals surface area contributed by atoms with Gasteiger partial charge in [0.25, 0.3) is 5.91 Å². The van der Waals surface area contributed by atoms with Gasteiger partial charge in [-0.25, -0.2) is 0 Å². The molecule has 37 heavy (non-hydrogen) atoms. The number of hydrogen-bond acceptors (Lipinski definition) is 7. The average molecular weight is 506 g/mol. The normalized spacial score (nSPS) is 17.5. The second kappa shape index (κ2) is 12.8. The molecule has 0 aromatic heterocycles.